The van der Waals surface area contributed by atoms with Crippen molar-refractivity contribution in [2.24, 2.45) is 13.0 Å². The Kier molecular flexibility index (Phi) is 4.68. The molecule has 0 amide bonds. The summed E-state index contributed by atoms with van der Waals surface area (Å²) in [7, 11) is 1.98. The van der Waals surface area contributed by atoms with Crippen molar-refractivity contribution in [2.75, 3.05) is 26.2 Å². The molecule has 1 saturated carbocycles. The standard InChI is InChI=1S/C15H26N4O/c1-18-12-16-17-15(18)14-11-19(9-10-20-14)8-4-7-13-5-2-3-6-13/h12-14H,2-11H2,1H3. The molecule has 1 atom stereocenters. The molecule has 2 fully saturated rings. The van der Waals surface area contributed by atoms with Gasteiger partial charge in [0.2, 0.25) is 0 Å². The molecule has 112 valence electrons. The van der Waals surface area contributed by atoms with Crippen molar-refractivity contribution in [1.82, 2.24) is 19.7 Å². The Labute approximate surface area is 121 Å². The summed E-state index contributed by atoms with van der Waals surface area (Å²) < 4.78 is 7.81. The summed E-state index contributed by atoms with van der Waals surface area (Å²) in [4.78, 5) is 2.53. The highest BCUT2D eigenvalue weighted by atomic mass is 16.5. The molecule has 0 N–H and O–H groups in total. The van der Waals surface area contributed by atoms with Crippen LogP contribution in [0.4, 0.5) is 0 Å². The minimum absolute atomic E-state index is 0.0859. The topological polar surface area (TPSA) is 43.2 Å². The van der Waals surface area contributed by atoms with E-state index < -0.39 is 0 Å². The molecule has 1 aromatic heterocycles. The molecule has 1 saturated heterocycles. The monoisotopic (exact) mass is 278 g/mol. The maximum atomic E-state index is 5.85. The maximum absolute atomic E-state index is 5.85. The Hall–Kier alpha value is -0.940. The molecule has 20 heavy (non-hydrogen) atoms. The first kappa shape index (κ1) is 14.0. The fourth-order valence-corrected chi connectivity index (χ4v) is 3.55. The molecule has 1 aliphatic heterocycles. The van der Waals surface area contributed by atoms with Crippen LogP contribution < -0.4 is 0 Å². The first-order valence-electron chi connectivity index (χ1n) is 8.01. The van der Waals surface area contributed by atoms with Crippen LogP contribution >= 0.6 is 0 Å². The van der Waals surface area contributed by atoms with E-state index in [0.29, 0.717) is 0 Å². The van der Waals surface area contributed by atoms with Gasteiger partial charge in [-0.3, -0.25) is 4.90 Å². The predicted octanol–water partition coefficient (Wildman–Crippen LogP) is 2.16. The number of hydrogen-bond acceptors (Lipinski definition) is 4. The number of morpholine rings is 1. The first-order valence-corrected chi connectivity index (χ1v) is 8.01. The fourth-order valence-electron chi connectivity index (χ4n) is 3.55. The summed E-state index contributed by atoms with van der Waals surface area (Å²) in [5.74, 6) is 1.95. The Bertz CT molecular complexity index is 414. The number of aryl methyl sites for hydroxylation is 1. The zero-order chi connectivity index (χ0) is 13.8. The molecular weight excluding hydrogens is 252 g/mol. The van der Waals surface area contributed by atoms with E-state index in [4.69, 9.17) is 4.74 Å². The van der Waals surface area contributed by atoms with E-state index in [0.717, 1.165) is 31.4 Å². The highest BCUT2D eigenvalue weighted by Crippen LogP contribution is 2.29. The Morgan fingerprint density at radius 2 is 2.20 bits per heavy atom. The minimum atomic E-state index is 0.0859. The van der Waals surface area contributed by atoms with Crippen LogP contribution in [0.25, 0.3) is 0 Å². The van der Waals surface area contributed by atoms with Crippen LogP contribution in [0.2, 0.25) is 0 Å². The van der Waals surface area contributed by atoms with E-state index in [1.54, 1.807) is 6.33 Å². The molecule has 5 nitrogen and oxygen atoms in total. The average molecular weight is 278 g/mol. The number of aromatic nitrogens is 3. The smallest absolute Gasteiger partial charge is 0.163 e. The van der Waals surface area contributed by atoms with Crippen molar-refractivity contribution >= 4 is 0 Å². The van der Waals surface area contributed by atoms with Gasteiger partial charge in [0.15, 0.2) is 5.82 Å². The van der Waals surface area contributed by atoms with Crippen LogP contribution in [0.3, 0.4) is 0 Å². The lowest BCUT2D eigenvalue weighted by Crippen LogP contribution is -2.39. The van der Waals surface area contributed by atoms with Crippen molar-refractivity contribution < 1.29 is 4.74 Å². The van der Waals surface area contributed by atoms with Gasteiger partial charge in [-0.2, -0.15) is 0 Å². The molecule has 3 rings (SSSR count). The van der Waals surface area contributed by atoms with Gasteiger partial charge < -0.3 is 9.30 Å². The van der Waals surface area contributed by atoms with Gasteiger partial charge in [0.05, 0.1) is 6.61 Å². The van der Waals surface area contributed by atoms with Gasteiger partial charge in [0, 0.05) is 20.1 Å². The summed E-state index contributed by atoms with van der Waals surface area (Å²) in [6.07, 6.45) is 10.4. The third kappa shape index (κ3) is 3.38. The van der Waals surface area contributed by atoms with Crippen molar-refractivity contribution in [3.8, 4) is 0 Å². The zero-order valence-corrected chi connectivity index (χ0v) is 12.5. The van der Waals surface area contributed by atoms with Gasteiger partial charge in [-0.05, 0) is 25.3 Å². The molecule has 1 unspecified atom stereocenters. The lowest BCUT2D eigenvalue weighted by atomic mass is 10.0. The minimum Gasteiger partial charge on any atom is -0.368 e. The van der Waals surface area contributed by atoms with E-state index in [2.05, 4.69) is 15.1 Å². The van der Waals surface area contributed by atoms with Gasteiger partial charge in [-0.15, -0.1) is 10.2 Å². The van der Waals surface area contributed by atoms with Crippen molar-refractivity contribution in [1.29, 1.82) is 0 Å². The normalized spacial score (nSPS) is 25.4. The number of ether oxygens (including phenoxy) is 1. The van der Waals surface area contributed by atoms with Crippen molar-refractivity contribution in [3.63, 3.8) is 0 Å². The summed E-state index contributed by atoms with van der Waals surface area (Å²) in [5.41, 5.74) is 0. The number of hydrogen-bond donors (Lipinski definition) is 0. The van der Waals surface area contributed by atoms with E-state index in [1.165, 1.54) is 45.1 Å². The second-order valence-electron chi connectivity index (χ2n) is 6.25. The van der Waals surface area contributed by atoms with E-state index >= 15 is 0 Å². The van der Waals surface area contributed by atoms with E-state index in [1.807, 2.05) is 11.6 Å². The summed E-state index contributed by atoms with van der Waals surface area (Å²) >= 11 is 0. The Balaban J connectivity index is 1.44. The molecule has 5 heteroatoms. The summed E-state index contributed by atoms with van der Waals surface area (Å²) in [6.45, 7) is 4.02. The third-order valence-corrected chi connectivity index (χ3v) is 4.75. The molecule has 2 aliphatic rings. The average Bonchev–Trinajstić information content (AvgIpc) is 3.11. The molecule has 2 heterocycles. The molecular formula is C15H26N4O. The summed E-state index contributed by atoms with van der Waals surface area (Å²) in [6, 6.07) is 0. The largest absolute Gasteiger partial charge is 0.368 e. The fraction of sp³-hybridized carbons (Fsp3) is 0.867. The van der Waals surface area contributed by atoms with Crippen molar-refractivity contribution in [2.45, 2.75) is 44.6 Å². The quantitative estimate of drug-likeness (QED) is 0.828. The highest BCUT2D eigenvalue weighted by molar-refractivity contribution is 4.93. The van der Waals surface area contributed by atoms with Gasteiger partial charge in [-0.25, -0.2) is 0 Å². The van der Waals surface area contributed by atoms with Crippen LogP contribution in [0.1, 0.15) is 50.5 Å². The van der Waals surface area contributed by atoms with Crippen molar-refractivity contribution in [3.05, 3.63) is 12.2 Å². The zero-order valence-electron chi connectivity index (χ0n) is 12.5. The summed E-state index contributed by atoms with van der Waals surface area (Å²) in [5, 5.41) is 8.13. The molecule has 0 bridgehead atoms. The van der Waals surface area contributed by atoms with Crippen LogP contribution in [0.5, 0.6) is 0 Å². The van der Waals surface area contributed by atoms with Crippen LogP contribution in [-0.4, -0.2) is 45.9 Å². The Morgan fingerprint density at radius 3 is 2.95 bits per heavy atom. The molecule has 0 spiro atoms. The lowest BCUT2D eigenvalue weighted by Gasteiger charge is -2.32. The van der Waals surface area contributed by atoms with E-state index in [9.17, 15) is 0 Å². The van der Waals surface area contributed by atoms with Gasteiger partial charge in [0.1, 0.15) is 12.4 Å². The van der Waals surface area contributed by atoms with E-state index in [-0.39, 0.29) is 6.10 Å². The first-order chi connectivity index (χ1) is 9.83. The lowest BCUT2D eigenvalue weighted by molar-refractivity contribution is -0.0362. The number of rotatable bonds is 5. The second kappa shape index (κ2) is 6.68. The maximum Gasteiger partial charge on any atom is 0.163 e. The second-order valence-corrected chi connectivity index (χ2v) is 6.25. The van der Waals surface area contributed by atoms with Gasteiger partial charge in [0.25, 0.3) is 0 Å². The van der Waals surface area contributed by atoms with Crippen LogP contribution in [-0.2, 0) is 11.8 Å². The van der Waals surface area contributed by atoms with Gasteiger partial charge >= 0.3 is 0 Å². The third-order valence-electron chi connectivity index (χ3n) is 4.75. The molecule has 0 radical (unpaired) electrons. The van der Waals surface area contributed by atoms with Crippen LogP contribution in [0.15, 0.2) is 6.33 Å². The number of nitrogens with zero attached hydrogens (tertiary/aromatic N) is 4. The Morgan fingerprint density at radius 1 is 1.35 bits per heavy atom. The molecule has 1 aliphatic carbocycles. The molecule has 1 aromatic rings. The van der Waals surface area contributed by atoms with Gasteiger partial charge in [-0.1, -0.05) is 25.7 Å². The highest BCUT2D eigenvalue weighted by Gasteiger charge is 2.25. The molecule has 0 aromatic carbocycles. The predicted molar refractivity (Wildman–Crippen MR) is 77.3 cm³/mol. The SMILES string of the molecule is Cn1cnnc1C1CN(CCCC2CCCC2)CCO1. The van der Waals surface area contributed by atoms with Crippen LogP contribution in [0, 0.1) is 5.92 Å².